The van der Waals surface area contributed by atoms with E-state index in [9.17, 15) is 4.79 Å². The van der Waals surface area contributed by atoms with E-state index in [4.69, 9.17) is 16.3 Å². The Morgan fingerprint density at radius 2 is 1.93 bits per heavy atom. The van der Waals surface area contributed by atoms with E-state index in [1.165, 1.54) is 0 Å². The predicted molar refractivity (Wildman–Crippen MR) is 120 cm³/mol. The van der Waals surface area contributed by atoms with Crippen molar-refractivity contribution >= 4 is 39.8 Å². The molecule has 0 saturated carbocycles. The zero-order chi connectivity index (χ0) is 20.9. The summed E-state index contributed by atoms with van der Waals surface area (Å²) in [4.78, 5) is 18.3. The second-order valence-corrected chi connectivity index (χ2v) is 7.67. The van der Waals surface area contributed by atoms with Crippen molar-refractivity contribution in [2.75, 3.05) is 25.1 Å². The standard InChI is InChI=1S/C23H23ClN4O2/c1-16(26-27-21-10-11-25-22-14-18(24)6-9-20(21)22)17-4-7-19(8-5-17)30-15-23(29)28-12-2-3-13-28/h4-11,14H,2-3,12-13,15H2,1H3,(H,25,27)/b26-16-. The Morgan fingerprint density at radius 3 is 2.70 bits per heavy atom. The average molecular weight is 423 g/mol. The lowest BCUT2D eigenvalue weighted by Gasteiger charge is -2.15. The van der Waals surface area contributed by atoms with Crippen molar-refractivity contribution in [3.63, 3.8) is 0 Å². The van der Waals surface area contributed by atoms with Gasteiger partial charge in [-0.15, -0.1) is 0 Å². The number of carbonyl (C=O) groups excluding carboxylic acids is 1. The lowest BCUT2D eigenvalue weighted by Crippen LogP contribution is -2.32. The fraction of sp³-hybridized carbons (Fsp3) is 0.261. The number of hydrazone groups is 1. The molecule has 0 unspecified atom stereocenters. The number of anilines is 1. The van der Waals surface area contributed by atoms with Crippen LogP contribution in [0.2, 0.25) is 5.02 Å². The van der Waals surface area contributed by atoms with Crippen LogP contribution in [-0.2, 0) is 4.79 Å². The number of aromatic nitrogens is 1. The van der Waals surface area contributed by atoms with Crippen molar-refractivity contribution in [2.24, 2.45) is 5.10 Å². The van der Waals surface area contributed by atoms with E-state index >= 15 is 0 Å². The Balaban J connectivity index is 1.39. The van der Waals surface area contributed by atoms with Crippen LogP contribution in [0, 0.1) is 0 Å². The minimum atomic E-state index is 0.0457. The second kappa shape index (κ2) is 9.13. The number of hydrogen-bond acceptors (Lipinski definition) is 5. The van der Waals surface area contributed by atoms with Crippen LogP contribution in [0.15, 0.2) is 59.8 Å². The molecule has 1 amide bonds. The van der Waals surface area contributed by atoms with Gasteiger partial charge in [0.25, 0.3) is 5.91 Å². The first kappa shape index (κ1) is 20.2. The van der Waals surface area contributed by atoms with E-state index in [0.29, 0.717) is 10.8 Å². The van der Waals surface area contributed by atoms with Gasteiger partial charge in [0.2, 0.25) is 0 Å². The van der Waals surface area contributed by atoms with E-state index in [0.717, 1.165) is 53.8 Å². The number of ether oxygens (including phenoxy) is 1. The summed E-state index contributed by atoms with van der Waals surface area (Å²) in [6.07, 6.45) is 3.88. The van der Waals surface area contributed by atoms with Gasteiger partial charge in [-0.1, -0.05) is 11.6 Å². The lowest BCUT2D eigenvalue weighted by molar-refractivity contribution is -0.132. The molecule has 1 aliphatic heterocycles. The quantitative estimate of drug-likeness (QED) is 0.461. The van der Waals surface area contributed by atoms with Gasteiger partial charge in [-0.05, 0) is 73.9 Å². The third kappa shape index (κ3) is 4.71. The molecule has 1 aliphatic rings. The molecule has 30 heavy (non-hydrogen) atoms. The molecule has 1 saturated heterocycles. The molecule has 4 rings (SSSR count). The minimum Gasteiger partial charge on any atom is -0.484 e. The van der Waals surface area contributed by atoms with Crippen molar-refractivity contribution < 1.29 is 9.53 Å². The van der Waals surface area contributed by atoms with Crippen molar-refractivity contribution in [1.29, 1.82) is 0 Å². The predicted octanol–water partition coefficient (Wildman–Crippen LogP) is 4.73. The van der Waals surface area contributed by atoms with Crippen LogP contribution in [0.5, 0.6) is 5.75 Å². The molecule has 2 aromatic carbocycles. The number of nitrogens with one attached hydrogen (secondary N) is 1. The molecule has 2 heterocycles. The number of rotatable bonds is 6. The van der Waals surface area contributed by atoms with Gasteiger partial charge >= 0.3 is 0 Å². The smallest absolute Gasteiger partial charge is 0.260 e. The summed E-state index contributed by atoms with van der Waals surface area (Å²) in [5.74, 6) is 0.716. The number of fused-ring (bicyclic) bond motifs is 1. The van der Waals surface area contributed by atoms with Crippen molar-refractivity contribution in [2.45, 2.75) is 19.8 Å². The number of halogens is 1. The van der Waals surface area contributed by atoms with Crippen molar-refractivity contribution in [3.8, 4) is 5.75 Å². The average Bonchev–Trinajstić information content (AvgIpc) is 3.31. The number of amides is 1. The fourth-order valence-electron chi connectivity index (χ4n) is 3.42. The number of carbonyl (C=O) groups is 1. The third-order valence-corrected chi connectivity index (χ3v) is 5.38. The van der Waals surface area contributed by atoms with Gasteiger partial charge in [0.05, 0.1) is 16.9 Å². The lowest BCUT2D eigenvalue weighted by atomic mass is 10.1. The summed E-state index contributed by atoms with van der Waals surface area (Å²) in [7, 11) is 0. The summed E-state index contributed by atoms with van der Waals surface area (Å²) in [6, 6.07) is 15.0. The van der Waals surface area contributed by atoms with Gasteiger partial charge in [0, 0.05) is 29.7 Å². The van der Waals surface area contributed by atoms with Gasteiger partial charge in [-0.25, -0.2) is 0 Å². The number of benzene rings is 2. The van der Waals surface area contributed by atoms with E-state index < -0.39 is 0 Å². The van der Waals surface area contributed by atoms with Gasteiger partial charge in [-0.2, -0.15) is 5.10 Å². The molecule has 0 spiro atoms. The molecule has 0 bridgehead atoms. The molecule has 0 aliphatic carbocycles. The highest BCUT2D eigenvalue weighted by Crippen LogP contribution is 2.24. The molecule has 1 aromatic heterocycles. The van der Waals surface area contributed by atoms with E-state index in [2.05, 4.69) is 15.5 Å². The normalized spacial score (nSPS) is 14.2. The molecular formula is C23H23ClN4O2. The van der Waals surface area contributed by atoms with Gasteiger partial charge < -0.3 is 9.64 Å². The van der Waals surface area contributed by atoms with Crippen LogP contribution in [0.4, 0.5) is 5.69 Å². The highest BCUT2D eigenvalue weighted by atomic mass is 35.5. The van der Waals surface area contributed by atoms with Crippen LogP contribution in [0.25, 0.3) is 10.9 Å². The van der Waals surface area contributed by atoms with Crippen LogP contribution in [-0.4, -0.2) is 41.2 Å². The van der Waals surface area contributed by atoms with Crippen molar-refractivity contribution in [1.82, 2.24) is 9.88 Å². The van der Waals surface area contributed by atoms with Crippen LogP contribution < -0.4 is 10.2 Å². The van der Waals surface area contributed by atoms with Crippen LogP contribution in [0.3, 0.4) is 0 Å². The van der Waals surface area contributed by atoms with E-state index in [-0.39, 0.29) is 12.5 Å². The molecular weight excluding hydrogens is 400 g/mol. The first-order valence-corrected chi connectivity index (χ1v) is 10.3. The SMILES string of the molecule is C/C(=N/Nc1ccnc2cc(Cl)ccc12)c1ccc(OCC(=O)N2CCCC2)cc1. The zero-order valence-corrected chi connectivity index (χ0v) is 17.5. The second-order valence-electron chi connectivity index (χ2n) is 7.23. The first-order valence-electron chi connectivity index (χ1n) is 9.96. The van der Waals surface area contributed by atoms with Gasteiger partial charge in [0.15, 0.2) is 6.61 Å². The van der Waals surface area contributed by atoms with Crippen LogP contribution in [0.1, 0.15) is 25.3 Å². The Kier molecular flexibility index (Phi) is 6.14. The summed E-state index contributed by atoms with van der Waals surface area (Å²) in [5, 5.41) is 6.10. The molecule has 0 atom stereocenters. The molecule has 7 heteroatoms. The number of likely N-dealkylation sites (tertiary alicyclic amines) is 1. The molecule has 154 valence electrons. The summed E-state index contributed by atoms with van der Waals surface area (Å²) in [5.41, 5.74) is 6.57. The highest BCUT2D eigenvalue weighted by molar-refractivity contribution is 6.31. The first-order chi connectivity index (χ1) is 14.6. The molecule has 3 aromatic rings. The Labute approximate surface area is 180 Å². The molecule has 0 radical (unpaired) electrons. The van der Waals surface area contributed by atoms with Gasteiger partial charge in [-0.3, -0.25) is 15.2 Å². The zero-order valence-electron chi connectivity index (χ0n) is 16.8. The summed E-state index contributed by atoms with van der Waals surface area (Å²) < 4.78 is 5.64. The van der Waals surface area contributed by atoms with Crippen LogP contribution >= 0.6 is 11.6 Å². The molecule has 6 nitrogen and oxygen atoms in total. The number of hydrogen-bond donors (Lipinski definition) is 1. The maximum absolute atomic E-state index is 12.1. The maximum Gasteiger partial charge on any atom is 0.260 e. The molecule has 1 fully saturated rings. The Morgan fingerprint density at radius 1 is 1.17 bits per heavy atom. The summed E-state index contributed by atoms with van der Waals surface area (Å²) >= 11 is 6.04. The maximum atomic E-state index is 12.1. The largest absolute Gasteiger partial charge is 0.484 e. The van der Waals surface area contributed by atoms with E-state index in [1.54, 1.807) is 6.20 Å². The fourth-order valence-corrected chi connectivity index (χ4v) is 3.59. The third-order valence-electron chi connectivity index (χ3n) is 5.14. The number of nitrogens with zero attached hydrogens (tertiary/aromatic N) is 3. The Hall–Kier alpha value is -3.12. The minimum absolute atomic E-state index is 0.0457. The monoisotopic (exact) mass is 422 g/mol. The van der Waals surface area contributed by atoms with E-state index in [1.807, 2.05) is 60.4 Å². The van der Waals surface area contributed by atoms with Gasteiger partial charge in [0.1, 0.15) is 5.75 Å². The summed E-state index contributed by atoms with van der Waals surface area (Å²) in [6.45, 7) is 3.68. The molecule has 1 N–H and O–H groups in total. The topological polar surface area (TPSA) is 66.8 Å². The number of pyridine rings is 1. The highest BCUT2D eigenvalue weighted by Gasteiger charge is 2.18. The van der Waals surface area contributed by atoms with Crippen molar-refractivity contribution in [3.05, 3.63) is 65.3 Å². The Bertz CT molecular complexity index is 1080.